The van der Waals surface area contributed by atoms with Crippen molar-refractivity contribution >= 4 is 29.0 Å². The molecule has 0 saturated carbocycles. The fourth-order valence-electron chi connectivity index (χ4n) is 1.52. The highest BCUT2D eigenvalue weighted by Gasteiger charge is 2.02. The SMILES string of the molecule is COc1ccc(CNc2cccc(Cl)n2)cc1Cl. The Balaban J connectivity index is 2.04. The lowest BCUT2D eigenvalue weighted by Gasteiger charge is -2.08. The summed E-state index contributed by atoms with van der Waals surface area (Å²) in [6.07, 6.45) is 0. The van der Waals surface area contributed by atoms with Crippen LogP contribution in [-0.2, 0) is 6.54 Å². The first-order chi connectivity index (χ1) is 8.69. The van der Waals surface area contributed by atoms with Crippen LogP contribution in [0.4, 0.5) is 5.82 Å². The van der Waals surface area contributed by atoms with E-state index >= 15 is 0 Å². The lowest BCUT2D eigenvalue weighted by molar-refractivity contribution is 0.415. The second kappa shape index (κ2) is 5.94. The van der Waals surface area contributed by atoms with Crippen LogP contribution in [0.3, 0.4) is 0 Å². The summed E-state index contributed by atoms with van der Waals surface area (Å²) >= 11 is 11.8. The Kier molecular flexibility index (Phi) is 4.28. The van der Waals surface area contributed by atoms with Crippen LogP contribution >= 0.6 is 23.2 Å². The molecular weight excluding hydrogens is 271 g/mol. The molecule has 0 radical (unpaired) electrons. The molecule has 1 N–H and O–H groups in total. The summed E-state index contributed by atoms with van der Waals surface area (Å²) in [6.45, 7) is 0.622. The quantitative estimate of drug-likeness (QED) is 0.861. The van der Waals surface area contributed by atoms with E-state index in [1.807, 2.05) is 30.3 Å². The van der Waals surface area contributed by atoms with Crippen LogP contribution in [0.15, 0.2) is 36.4 Å². The van der Waals surface area contributed by atoms with E-state index in [4.69, 9.17) is 27.9 Å². The van der Waals surface area contributed by atoms with Crippen molar-refractivity contribution in [2.45, 2.75) is 6.54 Å². The predicted molar refractivity (Wildman–Crippen MR) is 74.6 cm³/mol. The largest absolute Gasteiger partial charge is 0.495 e. The van der Waals surface area contributed by atoms with Gasteiger partial charge in [-0.15, -0.1) is 0 Å². The van der Waals surface area contributed by atoms with E-state index in [9.17, 15) is 0 Å². The van der Waals surface area contributed by atoms with Gasteiger partial charge in [-0.3, -0.25) is 0 Å². The highest BCUT2D eigenvalue weighted by Crippen LogP contribution is 2.25. The van der Waals surface area contributed by atoms with E-state index in [1.165, 1.54) is 0 Å². The molecular formula is C13H12Cl2N2O. The average Bonchev–Trinajstić information content (AvgIpc) is 2.37. The molecule has 1 aromatic carbocycles. The minimum atomic E-state index is 0.466. The van der Waals surface area contributed by atoms with Gasteiger partial charge in [-0.2, -0.15) is 0 Å². The summed E-state index contributed by atoms with van der Waals surface area (Å²) < 4.78 is 5.10. The molecule has 18 heavy (non-hydrogen) atoms. The summed E-state index contributed by atoms with van der Waals surface area (Å²) in [7, 11) is 1.59. The molecule has 0 spiro atoms. The predicted octanol–water partition coefficient (Wildman–Crippen LogP) is 4.01. The topological polar surface area (TPSA) is 34.1 Å². The third kappa shape index (κ3) is 3.28. The number of pyridine rings is 1. The Hall–Kier alpha value is -1.45. The Morgan fingerprint density at radius 1 is 1.22 bits per heavy atom. The molecule has 1 heterocycles. The summed E-state index contributed by atoms with van der Waals surface area (Å²) in [5, 5.41) is 4.23. The maximum Gasteiger partial charge on any atom is 0.137 e. The summed E-state index contributed by atoms with van der Waals surface area (Å²) in [5.41, 5.74) is 1.04. The number of ether oxygens (including phenoxy) is 1. The number of benzene rings is 1. The Morgan fingerprint density at radius 2 is 2.06 bits per heavy atom. The summed E-state index contributed by atoms with van der Waals surface area (Å²) in [5.74, 6) is 1.40. The van der Waals surface area contributed by atoms with Gasteiger partial charge in [-0.1, -0.05) is 35.3 Å². The number of aromatic nitrogens is 1. The third-order valence-corrected chi connectivity index (χ3v) is 2.91. The van der Waals surface area contributed by atoms with Gasteiger partial charge < -0.3 is 10.1 Å². The normalized spacial score (nSPS) is 10.2. The highest BCUT2D eigenvalue weighted by molar-refractivity contribution is 6.32. The number of hydrogen-bond acceptors (Lipinski definition) is 3. The van der Waals surface area contributed by atoms with E-state index in [1.54, 1.807) is 13.2 Å². The smallest absolute Gasteiger partial charge is 0.137 e. The number of hydrogen-bond donors (Lipinski definition) is 1. The highest BCUT2D eigenvalue weighted by atomic mass is 35.5. The van der Waals surface area contributed by atoms with E-state index in [0.717, 1.165) is 11.4 Å². The molecule has 0 bridgehead atoms. The summed E-state index contributed by atoms with van der Waals surface area (Å²) in [6, 6.07) is 11.1. The lowest BCUT2D eigenvalue weighted by atomic mass is 10.2. The van der Waals surface area contributed by atoms with Crippen LogP contribution in [0, 0.1) is 0 Å². The zero-order valence-corrected chi connectivity index (χ0v) is 11.3. The van der Waals surface area contributed by atoms with Crippen LogP contribution < -0.4 is 10.1 Å². The van der Waals surface area contributed by atoms with Gasteiger partial charge in [-0.25, -0.2) is 4.98 Å². The van der Waals surface area contributed by atoms with Crippen molar-refractivity contribution in [1.82, 2.24) is 4.98 Å². The molecule has 0 amide bonds. The third-order valence-electron chi connectivity index (χ3n) is 2.40. The van der Waals surface area contributed by atoms with Gasteiger partial charge in [0, 0.05) is 6.54 Å². The molecule has 0 unspecified atom stereocenters. The van der Waals surface area contributed by atoms with Gasteiger partial charge in [0.15, 0.2) is 0 Å². The van der Waals surface area contributed by atoms with Crippen LogP contribution in [-0.4, -0.2) is 12.1 Å². The van der Waals surface area contributed by atoms with Gasteiger partial charge >= 0.3 is 0 Å². The lowest BCUT2D eigenvalue weighted by Crippen LogP contribution is -2.01. The molecule has 0 aliphatic carbocycles. The molecule has 0 aliphatic rings. The molecule has 0 fully saturated rings. The Labute approximate surface area is 116 Å². The average molecular weight is 283 g/mol. The van der Waals surface area contributed by atoms with Gasteiger partial charge in [0.25, 0.3) is 0 Å². The van der Waals surface area contributed by atoms with Gasteiger partial charge in [0.2, 0.25) is 0 Å². The number of rotatable bonds is 4. The second-order valence-electron chi connectivity index (χ2n) is 3.67. The zero-order valence-electron chi connectivity index (χ0n) is 9.78. The maximum absolute atomic E-state index is 6.05. The van der Waals surface area contributed by atoms with E-state index in [2.05, 4.69) is 10.3 Å². The first-order valence-corrected chi connectivity index (χ1v) is 6.13. The molecule has 2 aromatic rings. The van der Waals surface area contributed by atoms with Crippen LogP contribution in [0.1, 0.15) is 5.56 Å². The maximum atomic E-state index is 6.05. The molecule has 0 aliphatic heterocycles. The van der Waals surface area contributed by atoms with Crippen LogP contribution in [0.2, 0.25) is 10.2 Å². The Morgan fingerprint density at radius 3 is 2.72 bits per heavy atom. The van der Waals surface area contributed by atoms with Gasteiger partial charge in [-0.05, 0) is 29.8 Å². The molecule has 3 nitrogen and oxygen atoms in total. The fourth-order valence-corrected chi connectivity index (χ4v) is 1.96. The van der Waals surface area contributed by atoms with Gasteiger partial charge in [0.05, 0.1) is 12.1 Å². The number of methoxy groups -OCH3 is 1. The molecule has 94 valence electrons. The van der Waals surface area contributed by atoms with Crippen molar-refractivity contribution in [3.8, 4) is 5.75 Å². The van der Waals surface area contributed by atoms with Gasteiger partial charge in [0.1, 0.15) is 16.7 Å². The van der Waals surface area contributed by atoms with E-state index in [-0.39, 0.29) is 0 Å². The molecule has 5 heteroatoms. The second-order valence-corrected chi connectivity index (χ2v) is 4.46. The van der Waals surface area contributed by atoms with E-state index < -0.39 is 0 Å². The van der Waals surface area contributed by atoms with Crippen molar-refractivity contribution in [3.05, 3.63) is 52.1 Å². The monoisotopic (exact) mass is 282 g/mol. The van der Waals surface area contributed by atoms with Crippen molar-refractivity contribution in [1.29, 1.82) is 0 Å². The molecule has 2 rings (SSSR count). The fraction of sp³-hybridized carbons (Fsp3) is 0.154. The summed E-state index contributed by atoms with van der Waals surface area (Å²) in [4.78, 5) is 4.14. The zero-order chi connectivity index (χ0) is 13.0. The van der Waals surface area contributed by atoms with Crippen molar-refractivity contribution < 1.29 is 4.74 Å². The first kappa shape index (κ1) is 13.0. The van der Waals surface area contributed by atoms with E-state index in [0.29, 0.717) is 22.5 Å². The number of nitrogens with zero attached hydrogens (tertiary/aromatic N) is 1. The van der Waals surface area contributed by atoms with Crippen molar-refractivity contribution in [2.24, 2.45) is 0 Å². The molecule has 0 saturated heterocycles. The van der Waals surface area contributed by atoms with Crippen LogP contribution in [0.25, 0.3) is 0 Å². The Bertz CT molecular complexity index is 546. The standard InChI is InChI=1S/C13H12Cl2N2O/c1-18-11-6-5-9(7-10(11)14)8-16-13-4-2-3-12(15)17-13/h2-7H,8H2,1H3,(H,16,17). The molecule has 0 atom stereocenters. The number of anilines is 1. The van der Waals surface area contributed by atoms with Crippen molar-refractivity contribution in [2.75, 3.05) is 12.4 Å². The van der Waals surface area contributed by atoms with Crippen LogP contribution in [0.5, 0.6) is 5.75 Å². The number of halogens is 2. The number of nitrogens with one attached hydrogen (secondary N) is 1. The minimum Gasteiger partial charge on any atom is -0.495 e. The minimum absolute atomic E-state index is 0.466. The molecule has 1 aromatic heterocycles. The van der Waals surface area contributed by atoms with Crippen molar-refractivity contribution in [3.63, 3.8) is 0 Å². The first-order valence-electron chi connectivity index (χ1n) is 5.38.